The second-order valence-electron chi connectivity index (χ2n) is 5.72. The summed E-state index contributed by atoms with van der Waals surface area (Å²) >= 11 is 0. The summed E-state index contributed by atoms with van der Waals surface area (Å²) in [6.45, 7) is 4.32. The standard InChI is InChI=1S/C16H20N4/c1-16(13-6-3-2-4-7-13)9-5-11-20(12-16)14-8-10-18-15(17)19-14/h2-4,6-8,10H,5,9,11-12H2,1H3,(H2,17,18,19)/t16-/m0/s1. The number of hydrogen-bond donors (Lipinski definition) is 1. The van der Waals surface area contributed by atoms with Crippen LogP contribution in [0.15, 0.2) is 42.6 Å². The molecule has 1 aliphatic rings. The Labute approximate surface area is 119 Å². The van der Waals surface area contributed by atoms with Crippen molar-refractivity contribution in [2.24, 2.45) is 0 Å². The highest BCUT2D eigenvalue weighted by Crippen LogP contribution is 2.34. The van der Waals surface area contributed by atoms with Crippen LogP contribution < -0.4 is 10.6 Å². The fourth-order valence-electron chi connectivity index (χ4n) is 3.05. The van der Waals surface area contributed by atoms with Crippen molar-refractivity contribution in [3.63, 3.8) is 0 Å². The molecule has 4 nitrogen and oxygen atoms in total. The van der Waals surface area contributed by atoms with E-state index < -0.39 is 0 Å². The quantitative estimate of drug-likeness (QED) is 0.909. The van der Waals surface area contributed by atoms with Crippen molar-refractivity contribution < 1.29 is 0 Å². The second kappa shape index (κ2) is 5.12. The predicted octanol–water partition coefficient (Wildman–Crippen LogP) is 2.62. The van der Waals surface area contributed by atoms with Crippen molar-refractivity contribution in [1.82, 2.24) is 9.97 Å². The number of anilines is 2. The summed E-state index contributed by atoms with van der Waals surface area (Å²) in [4.78, 5) is 10.6. The Morgan fingerprint density at radius 3 is 2.75 bits per heavy atom. The topological polar surface area (TPSA) is 55.0 Å². The van der Waals surface area contributed by atoms with Crippen LogP contribution in [0.25, 0.3) is 0 Å². The van der Waals surface area contributed by atoms with Crippen LogP contribution in [0.2, 0.25) is 0 Å². The highest BCUT2D eigenvalue weighted by Gasteiger charge is 2.33. The summed E-state index contributed by atoms with van der Waals surface area (Å²) in [7, 11) is 0. The number of nitrogens with zero attached hydrogens (tertiary/aromatic N) is 3. The number of nitrogen functional groups attached to an aromatic ring is 1. The van der Waals surface area contributed by atoms with Gasteiger partial charge >= 0.3 is 0 Å². The molecule has 0 amide bonds. The highest BCUT2D eigenvalue weighted by molar-refractivity contribution is 5.43. The Morgan fingerprint density at radius 2 is 2.00 bits per heavy atom. The van der Waals surface area contributed by atoms with E-state index in [0.717, 1.165) is 25.3 Å². The molecule has 0 unspecified atom stereocenters. The van der Waals surface area contributed by atoms with E-state index in [1.165, 1.54) is 12.0 Å². The lowest BCUT2D eigenvalue weighted by Crippen LogP contribution is -2.44. The minimum atomic E-state index is 0.166. The average molecular weight is 268 g/mol. The Balaban J connectivity index is 1.87. The maximum Gasteiger partial charge on any atom is 0.221 e. The molecule has 1 aliphatic heterocycles. The van der Waals surface area contributed by atoms with Crippen molar-refractivity contribution in [1.29, 1.82) is 0 Å². The highest BCUT2D eigenvalue weighted by atomic mass is 15.2. The third kappa shape index (κ3) is 2.46. The van der Waals surface area contributed by atoms with Gasteiger partial charge in [0.25, 0.3) is 0 Å². The third-order valence-electron chi connectivity index (χ3n) is 4.15. The van der Waals surface area contributed by atoms with Crippen molar-refractivity contribution in [2.75, 3.05) is 23.7 Å². The maximum absolute atomic E-state index is 5.70. The monoisotopic (exact) mass is 268 g/mol. The van der Waals surface area contributed by atoms with Crippen LogP contribution >= 0.6 is 0 Å². The van der Waals surface area contributed by atoms with Crippen LogP contribution in [0.5, 0.6) is 0 Å². The Morgan fingerprint density at radius 1 is 1.20 bits per heavy atom. The first-order valence-electron chi connectivity index (χ1n) is 7.06. The molecule has 104 valence electrons. The first-order chi connectivity index (χ1) is 9.67. The van der Waals surface area contributed by atoms with Gasteiger partial charge in [-0.2, -0.15) is 4.98 Å². The van der Waals surface area contributed by atoms with Crippen molar-refractivity contribution in [3.05, 3.63) is 48.2 Å². The lowest BCUT2D eigenvalue weighted by atomic mass is 9.76. The van der Waals surface area contributed by atoms with Crippen LogP contribution in [0.4, 0.5) is 11.8 Å². The Bertz CT molecular complexity index is 584. The average Bonchev–Trinajstić information content (AvgIpc) is 2.48. The van der Waals surface area contributed by atoms with Gasteiger partial charge in [-0.3, -0.25) is 0 Å². The van der Waals surface area contributed by atoms with Crippen LogP contribution in [0, 0.1) is 0 Å². The van der Waals surface area contributed by atoms with E-state index in [9.17, 15) is 0 Å². The van der Waals surface area contributed by atoms with E-state index in [4.69, 9.17) is 5.73 Å². The van der Waals surface area contributed by atoms with Gasteiger partial charge in [0.2, 0.25) is 5.95 Å². The summed E-state index contributed by atoms with van der Waals surface area (Å²) < 4.78 is 0. The van der Waals surface area contributed by atoms with Crippen LogP contribution in [0.1, 0.15) is 25.3 Å². The number of aromatic nitrogens is 2. The Kier molecular flexibility index (Phi) is 3.30. The number of piperidine rings is 1. The molecule has 0 spiro atoms. The molecule has 0 bridgehead atoms. The molecule has 2 aromatic rings. The normalized spacial score (nSPS) is 22.8. The molecule has 2 N–H and O–H groups in total. The third-order valence-corrected chi connectivity index (χ3v) is 4.15. The minimum absolute atomic E-state index is 0.166. The van der Waals surface area contributed by atoms with Gasteiger partial charge in [-0.05, 0) is 24.5 Å². The molecule has 1 aromatic carbocycles. The smallest absolute Gasteiger partial charge is 0.221 e. The van der Waals surface area contributed by atoms with Gasteiger partial charge in [0.05, 0.1) is 0 Å². The SMILES string of the molecule is C[C@]1(c2ccccc2)CCCN(c2ccnc(N)n2)C1. The molecule has 0 saturated carbocycles. The number of nitrogens with two attached hydrogens (primary N) is 1. The van der Waals surface area contributed by atoms with Gasteiger partial charge in [0, 0.05) is 24.7 Å². The molecule has 20 heavy (non-hydrogen) atoms. The van der Waals surface area contributed by atoms with Gasteiger partial charge in [0.15, 0.2) is 0 Å². The lowest BCUT2D eigenvalue weighted by molar-refractivity contribution is 0.372. The molecule has 0 aliphatic carbocycles. The van der Waals surface area contributed by atoms with Gasteiger partial charge < -0.3 is 10.6 Å². The summed E-state index contributed by atoms with van der Waals surface area (Å²) in [5.41, 5.74) is 7.26. The second-order valence-corrected chi connectivity index (χ2v) is 5.72. The molecule has 1 fully saturated rings. The van der Waals surface area contributed by atoms with Gasteiger partial charge in [-0.15, -0.1) is 0 Å². The van der Waals surface area contributed by atoms with Gasteiger partial charge in [-0.1, -0.05) is 37.3 Å². The van der Waals surface area contributed by atoms with E-state index in [0.29, 0.717) is 5.95 Å². The first kappa shape index (κ1) is 12.9. The molecule has 3 rings (SSSR count). The van der Waals surface area contributed by atoms with Crippen molar-refractivity contribution >= 4 is 11.8 Å². The van der Waals surface area contributed by atoms with Gasteiger partial charge in [0.1, 0.15) is 5.82 Å². The molecule has 1 atom stereocenters. The summed E-state index contributed by atoms with van der Waals surface area (Å²) in [5, 5.41) is 0. The van der Waals surface area contributed by atoms with Crippen molar-refractivity contribution in [2.45, 2.75) is 25.2 Å². The van der Waals surface area contributed by atoms with Crippen LogP contribution in [-0.2, 0) is 5.41 Å². The molecular weight excluding hydrogens is 248 g/mol. The zero-order valence-corrected chi connectivity index (χ0v) is 11.8. The lowest BCUT2D eigenvalue weighted by Gasteiger charge is -2.41. The summed E-state index contributed by atoms with van der Waals surface area (Å²) in [6.07, 6.45) is 4.09. The van der Waals surface area contributed by atoms with E-state index in [1.54, 1.807) is 6.20 Å². The van der Waals surface area contributed by atoms with E-state index in [-0.39, 0.29) is 5.41 Å². The zero-order chi connectivity index (χ0) is 14.0. The maximum atomic E-state index is 5.70. The summed E-state index contributed by atoms with van der Waals surface area (Å²) in [5.74, 6) is 1.27. The van der Waals surface area contributed by atoms with Gasteiger partial charge in [-0.25, -0.2) is 4.98 Å². The number of hydrogen-bond acceptors (Lipinski definition) is 4. The fraction of sp³-hybridized carbons (Fsp3) is 0.375. The number of benzene rings is 1. The minimum Gasteiger partial charge on any atom is -0.368 e. The van der Waals surface area contributed by atoms with E-state index in [1.807, 2.05) is 6.07 Å². The zero-order valence-electron chi connectivity index (χ0n) is 11.8. The molecule has 1 saturated heterocycles. The summed E-state index contributed by atoms with van der Waals surface area (Å²) in [6, 6.07) is 12.7. The predicted molar refractivity (Wildman–Crippen MR) is 81.7 cm³/mol. The molecule has 2 heterocycles. The Hall–Kier alpha value is -2.10. The van der Waals surface area contributed by atoms with E-state index >= 15 is 0 Å². The van der Waals surface area contributed by atoms with Crippen molar-refractivity contribution in [3.8, 4) is 0 Å². The molecular formula is C16H20N4. The fourth-order valence-corrected chi connectivity index (χ4v) is 3.05. The largest absolute Gasteiger partial charge is 0.368 e. The molecule has 0 radical (unpaired) electrons. The van der Waals surface area contributed by atoms with Crippen LogP contribution in [0.3, 0.4) is 0 Å². The first-order valence-corrected chi connectivity index (χ1v) is 7.06. The van der Waals surface area contributed by atoms with Crippen LogP contribution in [-0.4, -0.2) is 23.1 Å². The number of rotatable bonds is 2. The molecule has 1 aromatic heterocycles. The van der Waals surface area contributed by atoms with E-state index in [2.05, 4.69) is 52.1 Å². The molecule has 4 heteroatoms.